The largest absolute Gasteiger partial charge is 0.488 e. The van der Waals surface area contributed by atoms with Crippen molar-refractivity contribution < 1.29 is 18.9 Å². The summed E-state index contributed by atoms with van der Waals surface area (Å²) in [4.78, 5) is 0. The molecule has 0 N–H and O–H groups in total. The second-order valence-corrected chi connectivity index (χ2v) is 7.82. The number of hydrogen-bond acceptors (Lipinski definition) is 4. The number of benzene rings is 1. The van der Waals surface area contributed by atoms with Gasteiger partial charge in [-0.15, -0.1) is 0 Å². The van der Waals surface area contributed by atoms with Crippen LogP contribution in [0, 0.1) is 0 Å². The van der Waals surface area contributed by atoms with Crippen LogP contribution < -0.4 is 4.74 Å². The fraction of sp³-hybridized carbons (Fsp3) is 0.684. The van der Waals surface area contributed by atoms with Crippen LogP contribution in [0.25, 0.3) is 0 Å². The van der Waals surface area contributed by atoms with Crippen LogP contribution in [0.1, 0.15) is 52.4 Å². The number of hydrogen-bond donors (Lipinski definition) is 0. The maximum Gasteiger partial charge on any atom is 0.183 e. The van der Waals surface area contributed by atoms with E-state index in [1.165, 1.54) is 0 Å². The first-order chi connectivity index (χ1) is 11.2. The zero-order chi connectivity index (χ0) is 18.2. The number of halogens is 1. The molecular weight excluding hydrogens is 372 g/mol. The Hall–Kier alpha value is -0.620. The minimum atomic E-state index is -0.350. The summed E-state index contributed by atoms with van der Waals surface area (Å²) in [5.74, 6) is 0.828. The van der Waals surface area contributed by atoms with Gasteiger partial charge in [-0.3, -0.25) is 0 Å². The van der Waals surface area contributed by atoms with E-state index in [4.69, 9.17) is 18.9 Å². The van der Waals surface area contributed by atoms with Gasteiger partial charge in [-0.2, -0.15) is 0 Å². The lowest BCUT2D eigenvalue weighted by Gasteiger charge is -2.30. The molecule has 0 heterocycles. The number of rotatable bonds is 11. The van der Waals surface area contributed by atoms with Crippen molar-refractivity contribution >= 4 is 15.9 Å². The molecule has 4 nitrogen and oxygen atoms in total. The number of methoxy groups -OCH3 is 2. The lowest BCUT2D eigenvalue weighted by Crippen LogP contribution is -2.33. The maximum absolute atomic E-state index is 6.11. The third-order valence-electron chi connectivity index (χ3n) is 3.87. The van der Waals surface area contributed by atoms with Crippen LogP contribution in [-0.4, -0.2) is 37.4 Å². The molecule has 0 fully saturated rings. The SMILES string of the molecule is COC(OC)c1ccc(OC(C)(C)CCOC(C)(C)CCBr)cc1. The summed E-state index contributed by atoms with van der Waals surface area (Å²) in [6.07, 6.45) is 1.45. The average Bonchev–Trinajstić information content (AvgIpc) is 2.49. The molecule has 24 heavy (non-hydrogen) atoms. The van der Waals surface area contributed by atoms with Crippen LogP contribution in [0.2, 0.25) is 0 Å². The Morgan fingerprint density at radius 2 is 1.50 bits per heavy atom. The van der Waals surface area contributed by atoms with Crippen molar-refractivity contribution in [2.45, 2.75) is 58.0 Å². The number of alkyl halides is 1. The molecule has 138 valence electrons. The molecule has 0 aliphatic heterocycles. The first-order valence-corrected chi connectivity index (χ1v) is 9.39. The molecule has 0 bridgehead atoms. The lowest BCUT2D eigenvalue weighted by atomic mass is 10.0. The van der Waals surface area contributed by atoms with Crippen molar-refractivity contribution in [3.63, 3.8) is 0 Å². The Labute approximate surface area is 154 Å². The summed E-state index contributed by atoms with van der Waals surface area (Å²) in [6, 6.07) is 7.80. The van der Waals surface area contributed by atoms with Crippen LogP contribution >= 0.6 is 15.9 Å². The van der Waals surface area contributed by atoms with Crippen LogP contribution in [0.4, 0.5) is 0 Å². The van der Waals surface area contributed by atoms with Crippen molar-refractivity contribution in [2.24, 2.45) is 0 Å². The standard InChI is InChI=1S/C19H31BrO4/c1-18(2,11-13-20)23-14-12-19(3,4)24-16-9-7-15(8-10-16)17(21-5)22-6/h7-10,17H,11-14H2,1-6H3. The van der Waals surface area contributed by atoms with Crippen molar-refractivity contribution in [1.29, 1.82) is 0 Å². The summed E-state index contributed by atoms with van der Waals surface area (Å²) in [5.41, 5.74) is 0.551. The van der Waals surface area contributed by atoms with E-state index in [-0.39, 0.29) is 17.5 Å². The quantitative estimate of drug-likeness (QED) is 0.380. The van der Waals surface area contributed by atoms with E-state index in [0.29, 0.717) is 6.61 Å². The molecule has 0 unspecified atom stereocenters. The van der Waals surface area contributed by atoms with Gasteiger partial charge >= 0.3 is 0 Å². The second-order valence-electron chi connectivity index (χ2n) is 7.03. The molecule has 0 spiro atoms. The topological polar surface area (TPSA) is 36.9 Å². The molecule has 0 amide bonds. The highest BCUT2D eigenvalue weighted by Crippen LogP contribution is 2.25. The Kier molecular flexibility index (Phi) is 8.71. The third kappa shape index (κ3) is 7.51. The zero-order valence-electron chi connectivity index (χ0n) is 15.7. The van der Waals surface area contributed by atoms with E-state index in [0.717, 1.165) is 29.5 Å². The van der Waals surface area contributed by atoms with E-state index in [1.807, 2.05) is 24.3 Å². The number of ether oxygens (including phenoxy) is 4. The highest BCUT2D eigenvalue weighted by molar-refractivity contribution is 9.09. The highest BCUT2D eigenvalue weighted by atomic mass is 79.9. The fourth-order valence-electron chi connectivity index (χ4n) is 2.30. The normalized spacial score (nSPS) is 12.7. The van der Waals surface area contributed by atoms with Gasteiger partial charge in [0.1, 0.15) is 11.4 Å². The Morgan fingerprint density at radius 1 is 0.917 bits per heavy atom. The first kappa shape index (κ1) is 21.4. The Bertz CT molecular complexity index is 467. The molecule has 0 radical (unpaired) electrons. The fourth-order valence-corrected chi connectivity index (χ4v) is 3.26. The first-order valence-electron chi connectivity index (χ1n) is 8.27. The van der Waals surface area contributed by atoms with Crippen LogP contribution in [0.15, 0.2) is 24.3 Å². The summed E-state index contributed by atoms with van der Waals surface area (Å²) in [6.45, 7) is 9.05. The molecule has 0 saturated carbocycles. The molecule has 1 rings (SSSR count). The predicted octanol–water partition coefficient (Wildman–Crippen LogP) is 5.11. The van der Waals surface area contributed by atoms with Crippen LogP contribution in [0.5, 0.6) is 5.75 Å². The van der Waals surface area contributed by atoms with Crippen LogP contribution in [-0.2, 0) is 14.2 Å². The third-order valence-corrected chi connectivity index (χ3v) is 4.26. The zero-order valence-corrected chi connectivity index (χ0v) is 17.3. The Balaban J connectivity index is 2.54. The van der Waals surface area contributed by atoms with E-state index in [2.05, 4.69) is 43.6 Å². The van der Waals surface area contributed by atoms with E-state index in [9.17, 15) is 0 Å². The van der Waals surface area contributed by atoms with Crippen molar-refractivity contribution in [1.82, 2.24) is 0 Å². The van der Waals surface area contributed by atoms with Gasteiger partial charge in [0.2, 0.25) is 0 Å². The average molecular weight is 403 g/mol. The van der Waals surface area contributed by atoms with Crippen molar-refractivity contribution in [2.75, 3.05) is 26.2 Å². The summed E-state index contributed by atoms with van der Waals surface area (Å²) >= 11 is 3.46. The van der Waals surface area contributed by atoms with Gasteiger partial charge in [0, 0.05) is 31.5 Å². The van der Waals surface area contributed by atoms with E-state index in [1.54, 1.807) is 14.2 Å². The molecule has 0 atom stereocenters. The van der Waals surface area contributed by atoms with Gasteiger partial charge in [0.25, 0.3) is 0 Å². The predicted molar refractivity (Wildman–Crippen MR) is 101 cm³/mol. The van der Waals surface area contributed by atoms with Gasteiger partial charge in [0.05, 0.1) is 12.2 Å². The van der Waals surface area contributed by atoms with E-state index >= 15 is 0 Å². The molecule has 0 aliphatic rings. The highest BCUT2D eigenvalue weighted by Gasteiger charge is 2.23. The maximum atomic E-state index is 6.11. The van der Waals surface area contributed by atoms with Crippen LogP contribution in [0.3, 0.4) is 0 Å². The molecule has 0 aliphatic carbocycles. The molecule has 0 aromatic heterocycles. The minimum Gasteiger partial charge on any atom is -0.488 e. The lowest BCUT2D eigenvalue weighted by molar-refractivity contribution is -0.106. The molecule has 1 aromatic carbocycles. The van der Waals surface area contributed by atoms with Gasteiger partial charge in [-0.05, 0) is 46.2 Å². The van der Waals surface area contributed by atoms with E-state index < -0.39 is 0 Å². The van der Waals surface area contributed by atoms with Crippen molar-refractivity contribution in [3.05, 3.63) is 29.8 Å². The monoisotopic (exact) mass is 402 g/mol. The smallest absolute Gasteiger partial charge is 0.183 e. The van der Waals surface area contributed by atoms with Crippen molar-refractivity contribution in [3.8, 4) is 5.75 Å². The second kappa shape index (κ2) is 9.76. The van der Waals surface area contributed by atoms with Gasteiger partial charge in [0.15, 0.2) is 6.29 Å². The molecule has 1 aromatic rings. The molecular formula is C19H31BrO4. The van der Waals surface area contributed by atoms with Gasteiger partial charge in [-0.1, -0.05) is 28.1 Å². The minimum absolute atomic E-state index is 0.115. The molecule has 5 heteroatoms. The van der Waals surface area contributed by atoms with Gasteiger partial charge in [-0.25, -0.2) is 0 Å². The summed E-state index contributed by atoms with van der Waals surface area (Å²) in [7, 11) is 3.25. The Morgan fingerprint density at radius 3 is 2.00 bits per heavy atom. The van der Waals surface area contributed by atoms with Gasteiger partial charge < -0.3 is 18.9 Å². The molecule has 0 saturated heterocycles. The summed E-state index contributed by atoms with van der Waals surface area (Å²) in [5, 5.41) is 0.941. The summed E-state index contributed by atoms with van der Waals surface area (Å²) < 4.78 is 22.6.